The Bertz CT molecular complexity index is 1170. The fourth-order valence-corrected chi connectivity index (χ4v) is 3.84. The maximum atomic E-state index is 12.6. The summed E-state index contributed by atoms with van der Waals surface area (Å²) in [7, 11) is 0. The average Bonchev–Trinajstić information content (AvgIpc) is 2.79. The van der Waals surface area contributed by atoms with E-state index in [2.05, 4.69) is 27.9 Å². The van der Waals surface area contributed by atoms with Crippen molar-refractivity contribution in [3.8, 4) is 17.6 Å². The normalized spacial score (nSPS) is 10.9. The van der Waals surface area contributed by atoms with E-state index in [0.29, 0.717) is 41.0 Å². The van der Waals surface area contributed by atoms with Crippen LogP contribution in [0.25, 0.3) is 6.08 Å². The zero-order valence-electron chi connectivity index (χ0n) is 17.3. The number of nitrogens with zero attached hydrogens (tertiary/aromatic N) is 1. The van der Waals surface area contributed by atoms with Crippen molar-refractivity contribution in [1.29, 1.82) is 5.26 Å². The van der Waals surface area contributed by atoms with Crippen molar-refractivity contribution in [3.05, 3.63) is 92.0 Å². The highest BCUT2D eigenvalue weighted by Gasteiger charge is 2.15. The summed E-state index contributed by atoms with van der Waals surface area (Å²) in [6.45, 7) is 2.73. The van der Waals surface area contributed by atoms with Gasteiger partial charge in [-0.3, -0.25) is 4.79 Å². The smallest absolute Gasteiger partial charge is 0.266 e. The summed E-state index contributed by atoms with van der Waals surface area (Å²) in [4.78, 5) is 12.6. The van der Waals surface area contributed by atoms with Crippen molar-refractivity contribution in [2.45, 2.75) is 13.5 Å². The topological polar surface area (TPSA) is 71.3 Å². The lowest BCUT2D eigenvalue weighted by Crippen LogP contribution is -2.13. The SMILES string of the molecule is CCOc1cc(/C=C(\C#N)C(=O)Nc2ccccc2Cl)cc(I)c1OCc1ccccc1. The molecule has 0 aromatic heterocycles. The standard InChI is InChI=1S/C25H20ClIN2O3/c1-2-31-23-14-18(13-21(27)24(23)32-16-17-8-4-3-5-9-17)12-19(15-28)25(30)29-22-11-7-6-10-20(22)26/h3-14H,2,16H2,1H3,(H,29,30)/b19-12+. The first kappa shape index (κ1) is 23.6. The van der Waals surface area contributed by atoms with Gasteiger partial charge in [0.05, 0.1) is 20.9 Å². The number of hydrogen-bond acceptors (Lipinski definition) is 4. The molecule has 162 valence electrons. The number of para-hydroxylation sites is 1. The lowest BCUT2D eigenvalue weighted by atomic mass is 10.1. The van der Waals surface area contributed by atoms with Crippen LogP contribution in [0.3, 0.4) is 0 Å². The van der Waals surface area contributed by atoms with Crippen molar-refractivity contribution in [2.75, 3.05) is 11.9 Å². The largest absolute Gasteiger partial charge is 0.490 e. The Hall–Kier alpha value is -3.02. The zero-order valence-corrected chi connectivity index (χ0v) is 20.2. The minimum atomic E-state index is -0.544. The third-order valence-electron chi connectivity index (χ3n) is 4.36. The third-order valence-corrected chi connectivity index (χ3v) is 5.49. The van der Waals surface area contributed by atoms with Crippen molar-refractivity contribution >= 4 is 51.9 Å². The van der Waals surface area contributed by atoms with Gasteiger partial charge in [0.2, 0.25) is 0 Å². The minimum Gasteiger partial charge on any atom is -0.490 e. The van der Waals surface area contributed by atoms with Crippen LogP contribution in [0.4, 0.5) is 5.69 Å². The molecule has 0 unspecified atom stereocenters. The number of benzene rings is 3. The zero-order chi connectivity index (χ0) is 22.9. The van der Waals surface area contributed by atoms with E-state index in [9.17, 15) is 10.1 Å². The molecule has 3 rings (SSSR count). The summed E-state index contributed by atoms with van der Waals surface area (Å²) in [6, 6.07) is 22.2. The van der Waals surface area contributed by atoms with Gasteiger partial charge in [-0.15, -0.1) is 0 Å². The summed E-state index contributed by atoms with van der Waals surface area (Å²) >= 11 is 8.25. The van der Waals surface area contributed by atoms with E-state index < -0.39 is 5.91 Å². The second-order valence-corrected chi connectivity index (χ2v) is 8.21. The molecule has 0 aliphatic heterocycles. The van der Waals surface area contributed by atoms with Crippen LogP contribution < -0.4 is 14.8 Å². The van der Waals surface area contributed by atoms with Gasteiger partial charge in [-0.05, 0) is 71.0 Å². The predicted octanol–water partition coefficient (Wildman–Crippen LogP) is 6.47. The molecule has 0 heterocycles. The van der Waals surface area contributed by atoms with Gasteiger partial charge in [0, 0.05) is 0 Å². The molecule has 5 nitrogen and oxygen atoms in total. The third kappa shape index (κ3) is 6.25. The molecule has 0 spiro atoms. The Kier molecular flexibility index (Phi) is 8.54. The molecule has 1 N–H and O–H groups in total. The van der Waals surface area contributed by atoms with E-state index in [1.807, 2.05) is 49.4 Å². The predicted molar refractivity (Wildman–Crippen MR) is 135 cm³/mol. The van der Waals surface area contributed by atoms with Gasteiger partial charge in [-0.2, -0.15) is 5.26 Å². The Morgan fingerprint density at radius 3 is 2.53 bits per heavy atom. The molecule has 3 aromatic rings. The fraction of sp³-hybridized carbons (Fsp3) is 0.120. The highest BCUT2D eigenvalue weighted by Crippen LogP contribution is 2.35. The second kappa shape index (κ2) is 11.6. The molecule has 0 saturated heterocycles. The number of nitrogens with one attached hydrogen (secondary N) is 1. The molecule has 0 bridgehead atoms. The number of amides is 1. The molecule has 0 fully saturated rings. The molecule has 7 heteroatoms. The molecule has 3 aromatic carbocycles. The van der Waals surface area contributed by atoms with Gasteiger partial charge in [0.25, 0.3) is 5.91 Å². The molecule has 0 saturated carbocycles. The highest BCUT2D eigenvalue weighted by atomic mass is 127. The van der Waals surface area contributed by atoms with Crippen molar-refractivity contribution in [2.24, 2.45) is 0 Å². The molecule has 0 aliphatic carbocycles. The van der Waals surface area contributed by atoms with Crippen LogP contribution >= 0.6 is 34.2 Å². The fourth-order valence-electron chi connectivity index (χ4n) is 2.87. The van der Waals surface area contributed by atoms with Gasteiger partial charge < -0.3 is 14.8 Å². The first-order valence-electron chi connectivity index (χ1n) is 9.82. The van der Waals surface area contributed by atoms with Crippen LogP contribution in [0, 0.1) is 14.9 Å². The number of halogens is 2. The first-order valence-corrected chi connectivity index (χ1v) is 11.3. The van der Waals surface area contributed by atoms with Crippen LogP contribution in [0.2, 0.25) is 5.02 Å². The van der Waals surface area contributed by atoms with E-state index in [4.69, 9.17) is 21.1 Å². The number of anilines is 1. The summed E-state index contributed by atoms with van der Waals surface area (Å²) < 4.78 is 12.6. The number of nitriles is 1. The second-order valence-electron chi connectivity index (χ2n) is 6.64. The quantitative estimate of drug-likeness (QED) is 0.195. The molecule has 1 amide bonds. The maximum absolute atomic E-state index is 12.6. The minimum absolute atomic E-state index is 0.0545. The van der Waals surface area contributed by atoms with Crippen LogP contribution in [-0.4, -0.2) is 12.5 Å². The van der Waals surface area contributed by atoms with Gasteiger partial charge in [0.1, 0.15) is 18.2 Å². The van der Waals surface area contributed by atoms with E-state index in [1.165, 1.54) is 6.08 Å². The number of carbonyl (C=O) groups is 1. The Labute approximate surface area is 205 Å². The number of ether oxygens (including phenoxy) is 2. The maximum Gasteiger partial charge on any atom is 0.266 e. The van der Waals surface area contributed by atoms with Gasteiger partial charge >= 0.3 is 0 Å². The summed E-state index contributed by atoms with van der Waals surface area (Å²) in [6.07, 6.45) is 1.51. The van der Waals surface area contributed by atoms with Gasteiger partial charge in [-0.1, -0.05) is 54.1 Å². The summed E-state index contributed by atoms with van der Waals surface area (Å²) in [5, 5.41) is 12.6. The average molecular weight is 559 g/mol. The van der Waals surface area contributed by atoms with E-state index >= 15 is 0 Å². The molecule has 32 heavy (non-hydrogen) atoms. The van der Waals surface area contributed by atoms with E-state index in [-0.39, 0.29) is 5.57 Å². The lowest BCUT2D eigenvalue weighted by Gasteiger charge is -2.15. The molecule has 0 atom stereocenters. The van der Waals surface area contributed by atoms with E-state index in [1.54, 1.807) is 30.3 Å². The van der Waals surface area contributed by atoms with Crippen LogP contribution in [0.5, 0.6) is 11.5 Å². The summed E-state index contributed by atoms with van der Waals surface area (Å²) in [5.74, 6) is 0.621. The van der Waals surface area contributed by atoms with E-state index in [0.717, 1.165) is 9.13 Å². The van der Waals surface area contributed by atoms with Gasteiger partial charge in [0.15, 0.2) is 11.5 Å². The molecule has 0 radical (unpaired) electrons. The van der Waals surface area contributed by atoms with Gasteiger partial charge in [-0.25, -0.2) is 0 Å². The van der Waals surface area contributed by atoms with Crippen molar-refractivity contribution in [3.63, 3.8) is 0 Å². The molecule has 0 aliphatic rings. The van der Waals surface area contributed by atoms with Crippen LogP contribution in [0.15, 0.2) is 72.3 Å². The summed E-state index contributed by atoms with van der Waals surface area (Å²) in [5.41, 5.74) is 2.07. The Balaban J connectivity index is 1.86. The molecular formula is C25H20ClIN2O3. The number of carbonyl (C=O) groups excluding carboxylic acids is 1. The van der Waals surface area contributed by atoms with Crippen molar-refractivity contribution < 1.29 is 14.3 Å². The Morgan fingerprint density at radius 2 is 1.84 bits per heavy atom. The monoisotopic (exact) mass is 558 g/mol. The number of hydrogen-bond donors (Lipinski definition) is 1. The lowest BCUT2D eigenvalue weighted by molar-refractivity contribution is -0.112. The highest BCUT2D eigenvalue weighted by molar-refractivity contribution is 14.1. The molecular weight excluding hydrogens is 539 g/mol. The first-order chi connectivity index (χ1) is 15.5. The van der Waals surface area contributed by atoms with Crippen LogP contribution in [0.1, 0.15) is 18.1 Å². The number of rotatable bonds is 8. The van der Waals surface area contributed by atoms with Crippen molar-refractivity contribution in [1.82, 2.24) is 0 Å². The van der Waals surface area contributed by atoms with Crippen LogP contribution in [-0.2, 0) is 11.4 Å². The Morgan fingerprint density at radius 1 is 1.12 bits per heavy atom.